The predicted octanol–water partition coefficient (Wildman–Crippen LogP) is 2.34. The lowest BCUT2D eigenvalue weighted by molar-refractivity contribution is 0.0957. The maximum atomic E-state index is 12.2. The molecule has 2 aromatic heterocycles. The van der Waals surface area contributed by atoms with Gasteiger partial charge in [-0.05, 0) is 54.6 Å². The lowest BCUT2D eigenvalue weighted by Crippen LogP contribution is -2.29. The first-order valence-electron chi connectivity index (χ1n) is 8.29. The van der Waals surface area contributed by atoms with Crippen molar-refractivity contribution >= 4 is 33.0 Å². The quantitative estimate of drug-likeness (QED) is 0.452. The molecule has 0 unspecified atom stereocenters. The van der Waals surface area contributed by atoms with E-state index < -0.39 is 15.9 Å². The number of nitrogens with one attached hydrogen (secondary N) is 4. The molecule has 27 heavy (non-hydrogen) atoms. The van der Waals surface area contributed by atoms with Gasteiger partial charge in [-0.1, -0.05) is 6.07 Å². The number of aromatic amines is 1. The van der Waals surface area contributed by atoms with Crippen LogP contribution in [0.25, 0.3) is 10.6 Å². The summed E-state index contributed by atoms with van der Waals surface area (Å²) in [5.41, 5.74) is 6.87. The highest BCUT2D eigenvalue weighted by atomic mass is 32.2. The Hall–Kier alpha value is -2.69. The summed E-state index contributed by atoms with van der Waals surface area (Å²) < 4.78 is 26.9. The largest absolute Gasteiger partial charge is 0.298 e. The van der Waals surface area contributed by atoms with Gasteiger partial charge in [0.25, 0.3) is 5.91 Å². The van der Waals surface area contributed by atoms with Crippen molar-refractivity contribution in [3.63, 3.8) is 0 Å². The van der Waals surface area contributed by atoms with E-state index in [2.05, 4.69) is 25.8 Å². The van der Waals surface area contributed by atoms with E-state index in [0.717, 1.165) is 23.4 Å². The second kappa shape index (κ2) is 7.14. The van der Waals surface area contributed by atoms with Crippen molar-refractivity contribution in [2.45, 2.75) is 23.8 Å². The number of thiophene rings is 1. The molecule has 0 saturated heterocycles. The van der Waals surface area contributed by atoms with Crippen LogP contribution in [-0.4, -0.2) is 30.6 Å². The Morgan fingerprint density at radius 2 is 1.96 bits per heavy atom. The van der Waals surface area contributed by atoms with Gasteiger partial charge >= 0.3 is 0 Å². The fourth-order valence-electron chi connectivity index (χ4n) is 2.40. The zero-order chi connectivity index (χ0) is 18.9. The molecule has 1 saturated carbocycles. The first-order chi connectivity index (χ1) is 13.0. The van der Waals surface area contributed by atoms with E-state index in [4.69, 9.17) is 0 Å². The Morgan fingerprint density at radius 1 is 1.19 bits per heavy atom. The van der Waals surface area contributed by atoms with Crippen LogP contribution in [0.15, 0.2) is 52.7 Å². The van der Waals surface area contributed by atoms with Crippen LogP contribution >= 0.6 is 11.3 Å². The summed E-state index contributed by atoms with van der Waals surface area (Å²) in [6.07, 6.45) is 1.76. The molecular weight excluding hydrogens is 386 g/mol. The summed E-state index contributed by atoms with van der Waals surface area (Å²) in [5, 5.41) is 8.78. The second-order valence-electron chi connectivity index (χ2n) is 6.14. The molecule has 1 aromatic carbocycles. The molecule has 3 aromatic rings. The fourth-order valence-corrected chi connectivity index (χ4v) is 4.39. The minimum atomic E-state index is -3.49. The molecule has 1 aliphatic rings. The van der Waals surface area contributed by atoms with E-state index in [9.17, 15) is 13.2 Å². The molecular formula is C17H17N5O3S2. The van der Waals surface area contributed by atoms with E-state index in [0.29, 0.717) is 5.69 Å². The SMILES string of the molecule is O=C(NNc1ccc(S(=O)(=O)NC2CC2)cc1)c1cc(-c2cccs2)[nH]n1. The molecule has 1 amide bonds. The van der Waals surface area contributed by atoms with E-state index in [1.54, 1.807) is 29.5 Å². The summed E-state index contributed by atoms with van der Waals surface area (Å²) >= 11 is 1.55. The smallest absolute Gasteiger partial charge is 0.290 e. The summed E-state index contributed by atoms with van der Waals surface area (Å²) in [4.78, 5) is 13.4. The van der Waals surface area contributed by atoms with Crippen LogP contribution in [0.4, 0.5) is 5.69 Å². The molecule has 2 heterocycles. The van der Waals surface area contributed by atoms with Crippen LogP contribution in [0.3, 0.4) is 0 Å². The monoisotopic (exact) mass is 403 g/mol. The number of anilines is 1. The summed E-state index contributed by atoms with van der Waals surface area (Å²) in [7, 11) is -3.49. The Labute approximate surface area is 160 Å². The Balaban J connectivity index is 1.36. The molecule has 0 radical (unpaired) electrons. The van der Waals surface area contributed by atoms with Crippen molar-refractivity contribution in [3.8, 4) is 10.6 Å². The van der Waals surface area contributed by atoms with Crippen molar-refractivity contribution < 1.29 is 13.2 Å². The molecule has 0 aliphatic heterocycles. The van der Waals surface area contributed by atoms with Gasteiger partial charge in [-0.2, -0.15) is 5.10 Å². The van der Waals surface area contributed by atoms with E-state index in [1.165, 1.54) is 12.1 Å². The van der Waals surface area contributed by atoms with E-state index in [1.807, 2.05) is 17.5 Å². The number of carbonyl (C=O) groups is 1. The third kappa shape index (κ3) is 4.18. The number of rotatable bonds is 7. The van der Waals surface area contributed by atoms with Crippen LogP contribution in [-0.2, 0) is 10.0 Å². The van der Waals surface area contributed by atoms with Gasteiger partial charge in [-0.15, -0.1) is 11.3 Å². The summed E-state index contributed by atoms with van der Waals surface area (Å²) in [6, 6.07) is 11.7. The van der Waals surface area contributed by atoms with Gasteiger partial charge in [0.1, 0.15) is 0 Å². The number of aromatic nitrogens is 2. The molecule has 1 fully saturated rings. The maximum Gasteiger partial charge on any atom is 0.290 e. The topological polar surface area (TPSA) is 116 Å². The second-order valence-corrected chi connectivity index (χ2v) is 8.80. The van der Waals surface area contributed by atoms with Crippen molar-refractivity contribution in [2.75, 3.05) is 5.43 Å². The average molecular weight is 403 g/mol. The third-order valence-corrected chi connectivity index (χ3v) is 6.42. The highest BCUT2D eigenvalue weighted by molar-refractivity contribution is 7.89. The van der Waals surface area contributed by atoms with Crippen LogP contribution < -0.4 is 15.6 Å². The van der Waals surface area contributed by atoms with Gasteiger partial charge in [0.05, 0.1) is 21.2 Å². The minimum absolute atomic E-state index is 0.0556. The number of benzene rings is 1. The standard InChI is InChI=1S/C17H17N5O3S2/c23-17(15-10-14(19-20-15)16-2-1-9-26-16)21-18-11-5-7-13(8-6-11)27(24,25)22-12-3-4-12/h1-2,5-10,12,18,22H,3-4H2,(H,19,20)(H,21,23). The molecule has 0 bridgehead atoms. The Kier molecular flexibility index (Phi) is 4.68. The molecule has 4 rings (SSSR count). The van der Waals surface area contributed by atoms with Crippen molar-refractivity contribution in [1.29, 1.82) is 0 Å². The molecule has 140 valence electrons. The molecule has 0 spiro atoms. The molecule has 4 N–H and O–H groups in total. The lowest BCUT2D eigenvalue weighted by Gasteiger charge is -2.09. The van der Waals surface area contributed by atoms with Crippen molar-refractivity contribution in [3.05, 3.63) is 53.5 Å². The molecule has 0 atom stereocenters. The van der Waals surface area contributed by atoms with Gasteiger partial charge in [0.15, 0.2) is 5.69 Å². The number of sulfonamides is 1. The number of hydrazine groups is 1. The van der Waals surface area contributed by atoms with E-state index in [-0.39, 0.29) is 16.6 Å². The van der Waals surface area contributed by atoms with Crippen molar-refractivity contribution in [1.82, 2.24) is 20.3 Å². The minimum Gasteiger partial charge on any atom is -0.298 e. The first-order valence-corrected chi connectivity index (χ1v) is 10.7. The van der Waals surface area contributed by atoms with Gasteiger partial charge in [-0.25, -0.2) is 13.1 Å². The number of amides is 1. The van der Waals surface area contributed by atoms with Gasteiger partial charge in [0, 0.05) is 6.04 Å². The Bertz CT molecular complexity index is 1040. The van der Waals surface area contributed by atoms with Crippen LogP contribution in [0.1, 0.15) is 23.3 Å². The normalized spacial score (nSPS) is 14.1. The molecule has 10 heteroatoms. The first kappa shape index (κ1) is 17.7. The van der Waals surface area contributed by atoms with E-state index >= 15 is 0 Å². The van der Waals surface area contributed by atoms with Crippen LogP contribution in [0.2, 0.25) is 0 Å². The van der Waals surface area contributed by atoms with Gasteiger partial charge in [0.2, 0.25) is 10.0 Å². The highest BCUT2D eigenvalue weighted by Crippen LogP contribution is 2.23. The number of hydrogen-bond acceptors (Lipinski definition) is 6. The van der Waals surface area contributed by atoms with Gasteiger partial charge < -0.3 is 0 Å². The number of nitrogens with zero attached hydrogens (tertiary/aromatic N) is 1. The van der Waals surface area contributed by atoms with Crippen molar-refractivity contribution in [2.24, 2.45) is 0 Å². The summed E-state index contributed by atoms with van der Waals surface area (Å²) in [5.74, 6) is -0.402. The number of carbonyl (C=O) groups excluding carboxylic acids is 1. The number of hydrogen-bond donors (Lipinski definition) is 4. The number of H-pyrrole nitrogens is 1. The fraction of sp³-hybridized carbons (Fsp3) is 0.176. The average Bonchev–Trinajstić information content (AvgIpc) is 3.14. The van der Waals surface area contributed by atoms with Gasteiger partial charge in [-0.3, -0.25) is 20.7 Å². The summed E-state index contributed by atoms with van der Waals surface area (Å²) in [6.45, 7) is 0. The van der Waals surface area contributed by atoms with Crippen LogP contribution in [0.5, 0.6) is 0 Å². The lowest BCUT2D eigenvalue weighted by atomic mass is 10.3. The Morgan fingerprint density at radius 3 is 2.63 bits per heavy atom. The zero-order valence-electron chi connectivity index (χ0n) is 14.1. The molecule has 1 aliphatic carbocycles. The predicted molar refractivity (Wildman–Crippen MR) is 103 cm³/mol. The maximum absolute atomic E-state index is 12.2. The van der Waals surface area contributed by atoms with Crippen LogP contribution in [0, 0.1) is 0 Å². The third-order valence-electron chi connectivity index (χ3n) is 3.98. The zero-order valence-corrected chi connectivity index (χ0v) is 15.7. The highest BCUT2D eigenvalue weighted by Gasteiger charge is 2.27. The molecule has 8 nitrogen and oxygen atoms in total.